The third-order valence-corrected chi connectivity index (χ3v) is 6.17. The van der Waals surface area contributed by atoms with E-state index in [1.807, 2.05) is 35.2 Å². The number of carbonyl (C=O) groups excluding carboxylic acids is 1. The highest BCUT2D eigenvalue weighted by Gasteiger charge is 2.37. The fraction of sp³-hybridized carbons (Fsp3) is 0.458. The summed E-state index contributed by atoms with van der Waals surface area (Å²) in [5.41, 5.74) is 1.61. The molecule has 0 saturated heterocycles. The van der Waals surface area contributed by atoms with E-state index >= 15 is 0 Å². The molecule has 3 rings (SSSR count). The van der Waals surface area contributed by atoms with Gasteiger partial charge < -0.3 is 4.90 Å². The molecule has 3 unspecified atom stereocenters. The Kier molecular flexibility index (Phi) is 6.68. The minimum absolute atomic E-state index is 0.00232. The van der Waals surface area contributed by atoms with Crippen LogP contribution in [-0.4, -0.2) is 21.8 Å². The summed E-state index contributed by atoms with van der Waals surface area (Å²) in [6, 6.07) is 16.2. The second kappa shape index (κ2) is 9.21. The first-order valence-corrected chi connectivity index (χ1v) is 10.5. The maximum absolute atomic E-state index is 13.6. The Labute approximate surface area is 172 Å². The van der Waals surface area contributed by atoms with Crippen LogP contribution >= 0.6 is 0 Å². The van der Waals surface area contributed by atoms with Crippen molar-refractivity contribution < 1.29 is 9.72 Å². The van der Waals surface area contributed by atoms with E-state index in [-0.39, 0.29) is 17.6 Å². The number of benzene rings is 2. The van der Waals surface area contributed by atoms with Crippen molar-refractivity contribution in [2.45, 2.75) is 52.6 Å². The van der Waals surface area contributed by atoms with Crippen molar-refractivity contribution in [3.8, 4) is 0 Å². The summed E-state index contributed by atoms with van der Waals surface area (Å²) in [4.78, 5) is 26.1. The van der Waals surface area contributed by atoms with E-state index in [9.17, 15) is 14.9 Å². The second-order valence-corrected chi connectivity index (χ2v) is 8.62. The molecule has 0 bridgehead atoms. The Morgan fingerprint density at radius 1 is 1.10 bits per heavy atom. The number of nitro benzene ring substituents is 1. The van der Waals surface area contributed by atoms with Gasteiger partial charge in [0.15, 0.2) is 0 Å². The highest BCUT2D eigenvalue weighted by molar-refractivity contribution is 5.94. The number of hydrogen-bond acceptors (Lipinski definition) is 3. The molecule has 2 aromatic rings. The number of carbonyl (C=O) groups is 1. The Hall–Kier alpha value is -2.69. The lowest BCUT2D eigenvalue weighted by atomic mass is 9.73. The molecular formula is C24H30N2O3. The molecular weight excluding hydrogens is 364 g/mol. The fourth-order valence-corrected chi connectivity index (χ4v) is 4.52. The van der Waals surface area contributed by atoms with Crippen molar-refractivity contribution in [1.29, 1.82) is 0 Å². The van der Waals surface area contributed by atoms with Crippen LogP contribution in [0.15, 0.2) is 54.6 Å². The van der Waals surface area contributed by atoms with Crippen LogP contribution in [0.2, 0.25) is 0 Å². The first-order valence-electron chi connectivity index (χ1n) is 10.5. The zero-order valence-corrected chi connectivity index (χ0v) is 17.5. The molecule has 1 amide bonds. The highest BCUT2D eigenvalue weighted by atomic mass is 16.6. The number of rotatable bonds is 6. The standard InChI is InChI=1S/C24H30N2O3/c1-17(2)22-14-9-18(3)15-23(22)25(16-19-7-5-4-6-8-19)24(27)20-10-12-21(13-11-20)26(28)29/h4-8,10-13,17-18,22-23H,9,14-16H2,1-3H3. The Morgan fingerprint density at radius 3 is 2.34 bits per heavy atom. The zero-order valence-electron chi connectivity index (χ0n) is 17.5. The van der Waals surface area contributed by atoms with Crippen LogP contribution in [0, 0.1) is 27.9 Å². The summed E-state index contributed by atoms with van der Waals surface area (Å²) in [7, 11) is 0. The SMILES string of the molecule is CC1CCC(C(C)C)C(N(Cc2ccccc2)C(=O)c2ccc([N+](=O)[O-])cc2)C1. The molecule has 154 valence electrons. The van der Waals surface area contributed by atoms with Crippen LogP contribution in [0.1, 0.15) is 56.0 Å². The second-order valence-electron chi connectivity index (χ2n) is 8.62. The monoisotopic (exact) mass is 394 g/mol. The van der Waals surface area contributed by atoms with Crippen molar-refractivity contribution in [3.63, 3.8) is 0 Å². The number of hydrogen-bond donors (Lipinski definition) is 0. The van der Waals surface area contributed by atoms with Crippen molar-refractivity contribution in [2.75, 3.05) is 0 Å². The molecule has 0 aromatic heterocycles. The summed E-state index contributed by atoms with van der Waals surface area (Å²) in [5.74, 6) is 1.48. The van der Waals surface area contributed by atoms with Crippen molar-refractivity contribution in [3.05, 3.63) is 75.8 Å². The smallest absolute Gasteiger partial charge is 0.269 e. The van der Waals surface area contributed by atoms with E-state index in [2.05, 4.69) is 20.8 Å². The van der Waals surface area contributed by atoms with E-state index in [1.165, 1.54) is 18.6 Å². The van der Waals surface area contributed by atoms with Crippen LogP contribution in [0.4, 0.5) is 5.69 Å². The molecule has 2 aromatic carbocycles. The Bertz CT molecular complexity index is 833. The predicted molar refractivity (Wildman–Crippen MR) is 115 cm³/mol. The summed E-state index contributed by atoms with van der Waals surface area (Å²) in [6.07, 6.45) is 3.32. The minimum atomic E-state index is -0.437. The van der Waals surface area contributed by atoms with Crippen LogP contribution in [0.3, 0.4) is 0 Å². The van der Waals surface area contributed by atoms with Gasteiger partial charge >= 0.3 is 0 Å². The summed E-state index contributed by atoms with van der Waals surface area (Å²) >= 11 is 0. The van der Waals surface area contributed by atoms with Gasteiger partial charge in [0, 0.05) is 30.3 Å². The normalized spacial score (nSPS) is 21.7. The van der Waals surface area contributed by atoms with Crippen molar-refractivity contribution >= 4 is 11.6 Å². The average molecular weight is 395 g/mol. The van der Waals surface area contributed by atoms with Gasteiger partial charge in [-0.1, -0.05) is 57.5 Å². The van der Waals surface area contributed by atoms with Gasteiger partial charge in [-0.05, 0) is 48.3 Å². The molecule has 0 spiro atoms. The molecule has 0 N–H and O–H groups in total. The quantitative estimate of drug-likeness (QED) is 0.466. The third kappa shape index (κ3) is 5.03. The zero-order chi connectivity index (χ0) is 21.0. The van der Waals surface area contributed by atoms with Crippen LogP contribution in [0.25, 0.3) is 0 Å². The Balaban J connectivity index is 1.95. The molecule has 0 radical (unpaired) electrons. The average Bonchev–Trinajstić information content (AvgIpc) is 2.72. The first kappa shape index (κ1) is 21.0. The summed E-state index contributed by atoms with van der Waals surface area (Å²) < 4.78 is 0. The summed E-state index contributed by atoms with van der Waals surface area (Å²) in [5, 5.41) is 11.0. The van der Waals surface area contributed by atoms with Crippen LogP contribution in [-0.2, 0) is 6.54 Å². The lowest BCUT2D eigenvalue weighted by Crippen LogP contribution is -2.48. The van der Waals surface area contributed by atoms with Gasteiger partial charge in [0.05, 0.1) is 4.92 Å². The number of non-ortho nitro benzene ring substituents is 1. The van der Waals surface area contributed by atoms with Gasteiger partial charge in [0.25, 0.3) is 11.6 Å². The molecule has 1 aliphatic rings. The number of nitro groups is 1. The minimum Gasteiger partial charge on any atom is -0.331 e. The molecule has 3 atom stereocenters. The topological polar surface area (TPSA) is 63.5 Å². The third-order valence-electron chi connectivity index (χ3n) is 6.17. The van der Waals surface area contributed by atoms with Crippen molar-refractivity contribution in [2.24, 2.45) is 17.8 Å². The van der Waals surface area contributed by atoms with Gasteiger partial charge in [0.1, 0.15) is 0 Å². The fourth-order valence-electron chi connectivity index (χ4n) is 4.52. The van der Waals surface area contributed by atoms with E-state index in [4.69, 9.17) is 0 Å². The van der Waals surface area contributed by atoms with Gasteiger partial charge in [-0.2, -0.15) is 0 Å². The highest BCUT2D eigenvalue weighted by Crippen LogP contribution is 2.37. The molecule has 1 saturated carbocycles. The molecule has 0 heterocycles. The van der Waals surface area contributed by atoms with E-state index < -0.39 is 4.92 Å². The predicted octanol–water partition coefficient (Wildman–Crippen LogP) is 5.70. The van der Waals surface area contributed by atoms with Gasteiger partial charge in [-0.15, -0.1) is 0 Å². The van der Waals surface area contributed by atoms with Gasteiger partial charge in [-0.25, -0.2) is 0 Å². The van der Waals surface area contributed by atoms with Crippen LogP contribution in [0.5, 0.6) is 0 Å². The number of nitrogens with zero attached hydrogens (tertiary/aromatic N) is 2. The molecule has 1 aliphatic carbocycles. The maximum atomic E-state index is 13.6. The molecule has 5 heteroatoms. The molecule has 0 aliphatic heterocycles. The van der Waals surface area contributed by atoms with E-state index in [0.29, 0.717) is 29.9 Å². The lowest BCUT2D eigenvalue weighted by Gasteiger charge is -2.44. The summed E-state index contributed by atoms with van der Waals surface area (Å²) in [6.45, 7) is 7.30. The maximum Gasteiger partial charge on any atom is 0.269 e. The first-order chi connectivity index (χ1) is 13.9. The van der Waals surface area contributed by atoms with Gasteiger partial charge in [0.2, 0.25) is 0 Å². The largest absolute Gasteiger partial charge is 0.331 e. The molecule has 5 nitrogen and oxygen atoms in total. The van der Waals surface area contributed by atoms with Gasteiger partial charge in [-0.3, -0.25) is 14.9 Å². The van der Waals surface area contributed by atoms with E-state index in [1.54, 1.807) is 12.1 Å². The van der Waals surface area contributed by atoms with E-state index in [0.717, 1.165) is 18.4 Å². The lowest BCUT2D eigenvalue weighted by molar-refractivity contribution is -0.384. The van der Waals surface area contributed by atoms with Crippen LogP contribution < -0.4 is 0 Å². The Morgan fingerprint density at radius 2 is 1.76 bits per heavy atom. The molecule has 1 fully saturated rings. The van der Waals surface area contributed by atoms with Crippen molar-refractivity contribution in [1.82, 2.24) is 4.90 Å². The molecule has 29 heavy (non-hydrogen) atoms. The number of amides is 1.